The Bertz CT molecular complexity index is 774. The summed E-state index contributed by atoms with van der Waals surface area (Å²) in [5.74, 6) is -0.368. The maximum absolute atomic E-state index is 13.0. The third-order valence-electron chi connectivity index (χ3n) is 4.24. The first kappa shape index (κ1) is 16.3. The van der Waals surface area contributed by atoms with Crippen molar-refractivity contribution < 1.29 is 9.53 Å². The number of rotatable bonds is 2. The lowest BCUT2D eigenvalue weighted by atomic mass is 9.86. The lowest BCUT2D eigenvalue weighted by Crippen LogP contribution is -2.58. The van der Waals surface area contributed by atoms with Crippen molar-refractivity contribution in [2.75, 3.05) is 12.4 Å². The predicted molar refractivity (Wildman–Crippen MR) is 93.4 cm³/mol. The van der Waals surface area contributed by atoms with Gasteiger partial charge in [0.1, 0.15) is 0 Å². The lowest BCUT2D eigenvalue weighted by Gasteiger charge is -2.46. The number of alkyl halides is 2. The molecule has 0 radical (unpaired) electrons. The summed E-state index contributed by atoms with van der Waals surface area (Å²) in [5, 5.41) is 3.29. The molecule has 0 aliphatic carbocycles. The number of halogens is 2. The molecule has 1 aliphatic heterocycles. The van der Waals surface area contributed by atoms with Crippen LogP contribution in [0.1, 0.15) is 27.0 Å². The summed E-state index contributed by atoms with van der Waals surface area (Å²) < 4.78 is 3.90. The molecule has 2 aromatic carbocycles. The van der Waals surface area contributed by atoms with E-state index in [2.05, 4.69) is 5.32 Å². The Morgan fingerprint density at radius 1 is 1.09 bits per heavy atom. The normalized spacial score (nSPS) is 22.4. The number of methoxy groups -OCH3 is 1. The fourth-order valence-corrected chi connectivity index (χ4v) is 3.79. The van der Waals surface area contributed by atoms with Crippen LogP contribution in [-0.4, -0.2) is 17.2 Å². The fourth-order valence-electron chi connectivity index (χ4n) is 3.12. The summed E-state index contributed by atoms with van der Waals surface area (Å²) in [5.41, 5.74) is 2.42. The van der Waals surface area contributed by atoms with Crippen LogP contribution in [0.25, 0.3) is 0 Å². The summed E-state index contributed by atoms with van der Waals surface area (Å²) >= 11 is 13.1. The second-order valence-electron chi connectivity index (χ2n) is 5.78. The van der Waals surface area contributed by atoms with E-state index in [0.29, 0.717) is 16.8 Å². The molecule has 0 amide bonds. The van der Waals surface area contributed by atoms with E-state index in [1.165, 1.54) is 7.11 Å². The number of aryl methyl sites for hydroxylation is 2. The molecule has 1 aliphatic rings. The van der Waals surface area contributed by atoms with Crippen molar-refractivity contribution in [3.63, 3.8) is 0 Å². The summed E-state index contributed by atoms with van der Waals surface area (Å²) in [6.45, 7) is 3.87. The quantitative estimate of drug-likeness (QED) is 0.806. The summed E-state index contributed by atoms with van der Waals surface area (Å²) in [7, 11) is 1.49. The Kier molecular flexibility index (Phi) is 3.91. The third-order valence-corrected chi connectivity index (χ3v) is 5.11. The molecule has 0 bridgehead atoms. The first-order valence-corrected chi connectivity index (χ1v) is 8.02. The molecule has 5 heteroatoms. The molecular formula is C18H17Cl2NO2. The van der Waals surface area contributed by atoms with Gasteiger partial charge >= 0.3 is 0 Å². The van der Waals surface area contributed by atoms with E-state index < -0.39 is 10.1 Å². The number of anilines is 1. The zero-order valence-corrected chi connectivity index (χ0v) is 14.6. The first-order valence-electron chi connectivity index (χ1n) is 7.26. The average Bonchev–Trinajstić information content (AvgIpc) is 2.52. The van der Waals surface area contributed by atoms with Gasteiger partial charge in [0.25, 0.3) is 0 Å². The molecule has 3 rings (SSSR count). The van der Waals surface area contributed by atoms with Crippen LogP contribution < -0.4 is 5.32 Å². The second-order valence-corrected chi connectivity index (χ2v) is 7.11. The van der Waals surface area contributed by atoms with E-state index in [-0.39, 0.29) is 5.78 Å². The molecule has 120 valence electrons. The maximum Gasteiger partial charge on any atom is 0.231 e. The average molecular weight is 350 g/mol. The fraction of sp³-hybridized carbons (Fsp3) is 0.278. The molecule has 1 atom stereocenters. The van der Waals surface area contributed by atoms with Crippen molar-refractivity contribution in [1.29, 1.82) is 0 Å². The molecule has 0 spiro atoms. The summed E-state index contributed by atoms with van der Waals surface area (Å²) in [4.78, 5) is 13.0. The number of carbonyl (C=O) groups excluding carboxylic acids is 1. The van der Waals surface area contributed by atoms with Gasteiger partial charge in [0, 0.05) is 18.2 Å². The van der Waals surface area contributed by atoms with Crippen LogP contribution >= 0.6 is 23.2 Å². The highest BCUT2D eigenvalue weighted by Gasteiger charge is 2.60. The number of nitrogens with one attached hydrogen (secondary N) is 1. The first-order chi connectivity index (χ1) is 10.8. The Morgan fingerprint density at radius 3 is 2.35 bits per heavy atom. The van der Waals surface area contributed by atoms with Gasteiger partial charge in [-0.1, -0.05) is 59.6 Å². The van der Waals surface area contributed by atoms with Crippen molar-refractivity contribution in [1.82, 2.24) is 0 Å². The molecule has 0 aromatic heterocycles. The van der Waals surface area contributed by atoms with E-state index >= 15 is 0 Å². The number of carbonyl (C=O) groups is 1. The van der Waals surface area contributed by atoms with E-state index in [1.54, 1.807) is 6.07 Å². The lowest BCUT2D eigenvalue weighted by molar-refractivity contribution is -0.00300. The van der Waals surface area contributed by atoms with Crippen LogP contribution in [0.4, 0.5) is 5.69 Å². The SMILES string of the molecule is COC1(c2ccccc2)Nc2c(C)cc(C)cc2C(=O)C1(Cl)Cl. The van der Waals surface area contributed by atoms with Crippen LogP contribution in [0.2, 0.25) is 0 Å². The van der Waals surface area contributed by atoms with Crippen LogP contribution in [-0.2, 0) is 10.5 Å². The highest BCUT2D eigenvalue weighted by atomic mass is 35.5. The monoisotopic (exact) mass is 349 g/mol. The van der Waals surface area contributed by atoms with Crippen LogP contribution in [0.5, 0.6) is 0 Å². The highest BCUT2D eigenvalue weighted by molar-refractivity contribution is 6.61. The van der Waals surface area contributed by atoms with Gasteiger partial charge in [0.2, 0.25) is 15.8 Å². The maximum atomic E-state index is 13.0. The zero-order valence-electron chi connectivity index (χ0n) is 13.1. The molecule has 3 nitrogen and oxygen atoms in total. The van der Waals surface area contributed by atoms with Crippen LogP contribution in [0, 0.1) is 13.8 Å². The second kappa shape index (κ2) is 5.52. The summed E-state index contributed by atoms with van der Waals surface area (Å²) in [6, 6.07) is 13.0. The van der Waals surface area contributed by atoms with Crippen molar-refractivity contribution in [3.05, 3.63) is 64.7 Å². The molecule has 0 saturated heterocycles. The van der Waals surface area contributed by atoms with Crippen LogP contribution in [0.15, 0.2) is 42.5 Å². The topological polar surface area (TPSA) is 38.3 Å². The largest absolute Gasteiger partial charge is 0.352 e. The van der Waals surface area contributed by atoms with Crippen molar-refractivity contribution >= 4 is 34.7 Å². The number of hydrogen-bond acceptors (Lipinski definition) is 3. The van der Waals surface area contributed by atoms with E-state index in [4.69, 9.17) is 27.9 Å². The number of Topliss-reactive ketones (excluding diaryl/α,β-unsaturated/α-hetero) is 1. The number of fused-ring (bicyclic) bond motifs is 1. The van der Waals surface area contributed by atoms with Crippen molar-refractivity contribution in [2.24, 2.45) is 0 Å². The van der Waals surface area contributed by atoms with Crippen molar-refractivity contribution in [3.8, 4) is 0 Å². The minimum absolute atomic E-state index is 0.368. The Hall–Kier alpha value is -1.55. The van der Waals surface area contributed by atoms with Crippen molar-refractivity contribution in [2.45, 2.75) is 23.9 Å². The number of benzene rings is 2. The Labute approximate surface area is 145 Å². The van der Waals surface area contributed by atoms with E-state index in [1.807, 2.05) is 50.2 Å². The molecule has 23 heavy (non-hydrogen) atoms. The smallest absolute Gasteiger partial charge is 0.231 e. The van der Waals surface area contributed by atoms with Gasteiger partial charge in [0.15, 0.2) is 0 Å². The molecule has 0 saturated carbocycles. The van der Waals surface area contributed by atoms with Gasteiger partial charge in [-0.2, -0.15) is 0 Å². The minimum Gasteiger partial charge on any atom is -0.352 e. The third kappa shape index (κ3) is 2.26. The molecular weight excluding hydrogens is 333 g/mol. The standard InChI is InChI=1S/C18H17Cl2NO2/c1-11-9-12(2)15-14(10-11)16(22)17(19,20)18(21-15,23-3)13-7-5-4-6-8-13/h4-10,21H,1-3H3. The Morgan fingerprint density at radius 2 is 1.74 bits per heavy atom. The highest BCUT2D eigenvalue weighted by Crippen LogP contribution is 2.51. The Balaban J connectivity index is 2.29. The van der Waals surface area contributed by atoms with E-state index in [9.17, 15) is 4.79 Å². The van der Waals surface area contributed by atoms with Gasteiger partial charge in [-0.05, 0) is 31.0 Å². The molecule has 1 N–H and O–H groups in total. The molecule has 1 unspecified atom stereocenters. The van der Waals surface area contributed by atoms with Crippen LogP contribution in [0.3, 0.4) is 0 Å². The minimum atomic E-state index is -1.80. The van der Waals surface area contributed by atoms with Gasteiger partial charge in [0.05, 0.1) is 5.69 Å². The molecule has 2 aromatic rings. The van der Waals surface area contributed by atoms with Gasteiger partial charge in [-0.25, -0.2) is 0 Å². The molecule has 0 fully saturated rings. The number of hydrogen-bond donors (Lipinski definition) is 1. The van der Waals surface area contributed by atoms with Gasteiger partial charge in [-0.15, -0.1) is 0 Å². The number of ether oxygens (including phenoxy) is 1. The summed E-state index contributed by atoms with van der Waals surface area (Å²) in [6.07, 6.45) is 0. The van der Waals surface area contributed by atoms with Gasteiger partial charge in [-0.3, -0.25) is 4.79 Å². The predicted octanol–water partition coefficient (Wildman–Crippen LogP) is 4.58. The number of ketones is 1. The van der Waals surface area contributed by atoms with E-state index in [0.717, 1.165) is 11.1 Å². The van der Waals surface area contributed by atoms with Gasteiger partial charge < -0.3 is 10.1 Å². The zero-order chi connectivity index (χ0) is 16.8. The molecule has 1 heterocycles.